The van der Waals surface area contributed by atoms with Crippen LogP contribution in [0, 0.1) is 0 Å². The molecule has 1 unspecified atom stereocenters. The van der Waals surface area contributed by atoms with Crippen molar-refractivity contribution in [1.82, 2.24) is 29.3 Å². The van der Waals surface area contributed by atoms with Gasteiger partial charge in [0.15, 0.2) is 5.79 Å². The van der Waals surface area contributed by atoms with Gasteiger partial charge in [-0.15, -0.1) is 0 Å². The Kier molecular flexibility index (Phi) is 10.1. The highest BCUT2D eigenvalue weighted by Crippen LogP contribution is 2.42. The standard InChI is InChI=1S/C36H40Cl2N8O4/c1-3-26(2)46-35(47)44(25-41-46)30-7-5-28(6-8-30)42-18-20-43(21-19-42)29-9-11-31(12-10-29)48-23-32-24-49-36(50-32,14-17-45-39-15-16-40-45)33-13-4-27(37)22-34(33)38/h4-13,15-16,22,25-26,32H,3,14,17-21,23-24H2,1-2H3/t26?,32-,36-/m1/s1. The van der Waals surface area contributed by atoms with Crippen LogP contribution in [0.5, 0.6) is 5.75 Å². The molecule has 3 atom stereocenters. The number of piperazine rings is 1. The van der Waals surface area contributed by atoms with Crippen molar-refractivity contribution in [3.8, 4) is 11.4 Å². The Hall–Kier alpha value is -4.36. The zero-order valence-corrected chi connectivity index (χ0v) is 29.6. The molecule has 2 saturated heterocycles. The Morgan fingerprint density at radius 3 is 2.18 bits per heavy atom. The Morgan fingerprint density at radius 1 is 0.900 bits per heavy atom. The third-order valence-corrected chi connectivity index (χ3v) is 9.97. The molecule has 0 N–H and O–H groups in total. The molecular formula is C36H40Cl2N8O4. The van der Waals surface area contributed by atoms with Crippen LogP contribution in [0.25, 0.3) is 5.69 Å². The topological polar surface area (TPSA) is 105 Å². The summed E-state index contributed by atoms with van der Waals surface area (Å²) in [6.07, 6.45) is 5.87. The summed E-state index contributed by atoms with van der Waals surface area (Å²) in [7, 11) is 0. The molecule has 2 fully saturated rings. The predicted molar refractivity (Wildman–Crippen MR) is 193 cm³/mol. The summed E-state index contributed by atoms with van der Waals surface area (Å²) < 4.78 is 22.1. The van der Waals surface area contributed by atoms with Gasteiger partial charge in [0.1, 0.15) is 24.8 Å². The molecule has 14 heteroatoms. The third-order valence-electron chi connectivity index (χ3n) is 9.42. The fourth-order valence-corrected chi connectivity index (χ4v) is 6.97. The van der Waals surface area contributed by atoms with E-state index >= 15 is 0 Å². The molecule has 0 amide bonds. The number of anilines is 2. The van der Waals surface area contributed by atoms with Gasteiger partial charge in [0.2, 0.25) is 0 Å². The van der Waals surface area contributed by atoms with Gasteiger partial charge in [0.05, 0.1) is 42.3 Å². The molecule has 3 aromatic carbocycles. The average Bonchev–Trinajstić information content (AvgIpc) is 3.91. The fraction of sp³-hybridized carbons (Fsp3) is 0.389. The SMILES string of the molecule is CCC(C)n1ncn(-c2ccc(N3CCN(c4ccc(OC[C@@H]5CO[C@@](CCn6nccn6)(c6ccc(Cl)cc6Cl)O5)cc4)CC3)cc2)c1=O. The minimum absolute atomic E-state index is 0.0647. The Labute approximate surface area is 300 Å². The van der Waals surface area contributed by atoms with Crippen molar-refractivity contribution in [2.24, 2.45) is 0 Å². The minimum Gasteiger partial charge on any atom is -0.491 e. The van der Waals surface area contributed by atoms with Gasteiger partial charge in [-0.1, -0.05) is 36.2 Å². The molecule has 2 aliphatic heterocycles. The maximum Gasteiger partial charge on any atom is 0.350 e. The van der Waals surface area contributed by atoms with Crippen LogP contribution in [0.4, 0.5) is 11.4 Å². The van der Waals surface area contributed by atoms with Crippen molar-refractivity contribution in [3.05, 3.63) is 112 Å². The molecule has 2 aromatic heterocycles. The monoisotopic (exact) mass is 718 g/mol. The van der Waals surface area contributed by atoms with Crippen LogP contribution in [0.1, 0.15) is 38.3 Å². The van der Waals surface area contributed by atoms with E-state index in [1.807, 2.05) is 44.2 Å². The fourth-order valence-electron chi connectivity index (χ4n) is 6.42. The van der Waals surface area contributed by atoms with Crippen LogP contribution in [0.15, 0.2) is 90.2 Å². The van der Waals surface area contributed by atoms with E-state index in [9.17, 15) is 4.79 Å². The van der Waals surface area contributed by atoms with E-state index in [2.05, 4.69) is 49.4 Å². The molecule has 0 saturated carbocycles. The molecule has 0 aliphatic carbocycles. The number of hydrogen-bond acceptors (Lipinski definition) is 9. The molecule has 50 heavy (non-hydrogen) atoms. The van der Waals surface area contributed by atoms with Crippen molar-refractivity contribution in [1.29, 1.82) is 0 Å². The van der Waals surface area contributed by atoms with Gasteiger partial charge in [0.25, 0.3) is 0 Å². The molecule has 4 heterocycles. The largest absolute Gasteiger partial charge is 0.491 e. The molecule has 7 rings (SSSR count). The first-order valence-corrected chi connectivity index (χ1v) is 17.7. The summed E-state index contributed by atoms with van der Waals surface area (Å²) in [5, 5.41) is 13.7. The smallest absolute Gasteiger partial charge is 0.350 e. The third kappa shape index (κ3) is 7.25. The van der Waals surface area contributed by atoms with Crippen molar-refractivity contribution in [2.75, 3.05) is 49.2 Å². The van der Waals surface area contributed by atoms with Crippen molar-refractivity contribution in [2.45, 2.75) is 51.2 Å². The highest BCUT2D eigenvalue weighted by Gasteiger charge is 2.44. The lowest BCUT2D eigenvalue weighted by atomic mass is 10.0. The van der Waals surface area contributed by atoms with E-state index in [1.54, 1.807) is 44.9 Å². The van der Waals surface area contributed by atoms with Crippen LogP contribution < -0.4 is 20.2 Å². The zero-order valence-electron chi connectivity index (χ0n) is 28.1. The van der Waals surface area contributed by atoms with Crippen LogP contribution in [-0.2, 0) is 21.8 Å². The molecular weight excluding hydrogens is 679 g/mol. The molecule has 0 radical (unpaired) electrons. The van der Waals surface area contributed by atoms with E-state index in [-0.39, 0.29) is 17.8 Å². The van der Waals surface area contributed by atoms with Crippen LogP contribution >= 0.6 is 23.2 Å². The lowest BCUT2D eigenvalue weighted by Gasteiger charge is -2.37. The van der Waals surface area contributed by atoms with Gasteiger partial charge in [-0.25, -0.2) is 14.0 Å². The number of benzene rings is 3. The molecule has 2 aliphatic rings. The van der Waals surface area contributed by atoms with Crippen LogP contribution in [0.2, 0.25) is 10.0 Å². The van der Waals surface area contributed by atoms with Gasteiger partial charge in [0, 0.05) is 54.6 Å². The number of rotatable bonds is 12. The molecule has 0 bridgehead atoms. The summed E-state index contributed by atoms with van der Waals surface area (Å²) in [5.74, 6) is -0.318. The molecule has 12 nitrogen and oxygen atoms in total. The first-order valence-electron chi connectivity index (χ1n) is 16.9. The Bertz CT molecular complexity index is 1920. The Balaban J connectivity index is 0.920. The number of nitrogens with zero attached hydrogens (tertiary/aromatic N) is 8. The second-order valence-electron chi connectivity index (χ2n) is 12.6. The van der Waals surface area contributed by atoms with Crippen molar-refractivity contribution in [3.63, 3.8) is 0 Å². The normalized spacial score (nSPS) is 20.0. The predicted octanol–water partition coefficient (Wildman–Crippen LogP) is 5.97. The van der Waals surface area contributed by atoms with Gasteiger partial charge in [-0.3, -0.25) is 0 Å². The Morgan fingerprint density at radius 2 is 1.54 bits per heavy atom. The number of halogens is 2. The maximum atomic E-state index is 12.8. The highest BCUT2D eigenvalue weighted by molar-refractivity contribution is 6.35. The van der Waals surface area contributed by atoms with E-state index in [0.717, 1.165) is 55.4 Å². The summed E-state index contributed by atoms with van der Waals surface area (Å²) in [5.41, 5.74) is 3.69. The lowest BCUT2D eigenvalue weighted by Crippen LogP contribution is -2.46. The van der Waals surface area contributed by atoms with E-state index in [0.29, 0.717) is 41.8 Å². The van der Waals surface area contributed by atoms with E-state index in [4.69, 9.17) is 37.4 Å². The van der Waals surface area contributed by atoms with E-state index < -0.39 is 5.79 Å². The van der Waals surface area contributed by atoms with Gasteiger partial charge in [-0.05, 0) is 74.0 Å². The van der Waals surface area contributed by atoms with Gasteiger partial charge in [-0.2, -0.15) is 20.1 Å². The van der Waals surface area contributed by atoms with Gasteiger partial charge >= 0.3 is 5.69 Å². The molecule has 5 aromatic rings. The number of aryl methyl sites for hydroxylation is 1. The summed E-state index contributed by atoms with van der Waals surface area (Å²) in [6.45, 7) is 8.75. The first kappa shape index (κ1) is 34.1. The van der Waals surface area contributed by atoms with Gasteiger partial charge < -0.3 is 24.0 Å². The van der Waals surface area contributed by atoms with E-state index in [1.165, 1.54) is 0 Å². The quantitative estimate of drug-likeness (QED) is 0.154. The zero-order chi connectivity index (χ0) is 34.7. The van der Waals surface area contributed by atoms with Crippen molar-refractivity contribution < 1.29 is 14.2 Å². The van der Waals surface area contributed by atoms with Crippen molar-refractivity contribution >= 4 is 34.6 Å². The number of hydrogen-bond donors (Lipinski definition) is 0. The lowest BCUT2D eigenvalue weighted by molar-refractivity contribution is -0.186. The number of ether oxygens (including phenoxy) is 3. The summed E-state index contributed by atoms with van der Waals surface area (Å²) in [4.78, 5) is 19.2. The number of aromatic nitrogens is 6. The summed E-state index contributed by atoms with van der Waals surface area (Å²) >= 11 is 12.8. The minimum atomic E-state index is -1.08. The van der Waals surface area contributed by atoms with Crippen LogP contribution in [-0.4, -0.2) is 74.8 Å². The second kappa shape index (κ2) is 14.9. The first-order chi connectivity index (χ1) is 24.3. The van der Waals surface area contributed by atoms with Crippen LogP contribution in [0.3, 0.4) is 0 Å². The highest BCUT2D eigenvalue weighted by atomic mass is 35.5. The second-order valence-corrected chi connectivity index (χ2v) is 13.4. The molecule has 262 valence electrons. The summed E-state index contributed by atoms with van der Waals surface area (Å²) in [6, 6.07) is 21.7. The molecule has 0 spiro atoms. The average molecular weight is 720 g/mol. The maximum absolute atomic E-state index is 12.8.